The van der Waals surface area contributed by atoms with Crippen LogP contribution in [0.3, 0.4) is 0 Å². The largest absolute Gasteiger partial charge is 0.480 e. The average molecular weight is 381 g/mol. The number of nitrogens with zero attached hydrogens (tertiary/aromatic N) is 1. The van der Waals surface area contributed by atoms with Gasteiger partial charge in [0.1, 0.15) is 11.6 Å². The van der Waals surface area contributed by atoms with E-state index in [1.807, 2.05) is 11.8 Å². The minimum absolute atomic E-state index is 0.00579. The molecular formula is C19H25F2N3O3. The number of carboxylic acid groups (broad SMARTS) is 1. The smallest absolute Gasteiger partial charge is 0.317 e. The van der Waals surface area contributed by atoms with Crippen molar-refractivity contribution < 1.29 is 23.5 Å². The maximum Gasteiger partial charge on any atom is 0.317 e. The summed E-state index contributed by atoms with van der Waals surface area (Å²) in [7, 11) is 0. The second kappa shape index (κ2) is 7.80. The van der Waals surface area contributed by atoms with Crippen LogP contribution < -0.4 is 10.6 Å². The lowest BCUT2D eigenvalue weighted by atomic mass is 9.85. The zero-order chi connectivity index (χ0) is 19.6. The Morgan fingerprint density at radius 3 is 2.56 bits per heavy atom. The van der Waals surface area contributed by atoms with Gasteiger partial charge < -0.3 is 15.7 Å². The molecule has 148 valence electrons. The Morgan fingerprint density at radius 2 is 2.00 bits per heavy atom. The first-order valence-electron chi connectivity index (χ1n) is 9.29. The maximum atomic E-state index is 14.0. The van der Waals surface area contributed by atoms with Crippen LogP contribution >= 0.6 is 0 Å². The Kier molecular flexibility index (Phi) is 5.64. The standard InChI is InChI=1S/C19H25F2N3O3/c1-2-24(10-17(25)26)14-8-13(9-14)23-18(27)22-11-19(5-6-19)15-4-3-12(20)7-16(15)21/h3-4,7,13-14H,2,5-6,8-11H2,1H3,(H,25,26)(H2,22,23,27). The van der Waals surface area contributed by atoms with E-state index in [1.165, 1.54) is 12.1 Å². The number of carboxylic acids is 1. The Labute approximate surface area is 156 Å². The predicted octanol–water partition coefficient (Wildman–Crippen LogP) is 2.23. The van der Waals surface area contributed by atoms with Crippen molar-refractivity contribution in [1.29, 1.82) is 0 Å². The van der Waals surface area contributed by atoms with Gasteiger partial charge in [-0.25, -0.2) is 13.6 Å². The fraction of sp³-hybridized carbons (Fsp3) is 0.579. The van der Waals surface area contributed by atoms with Crippen LogP contribution in [0, 0.1) is 11.6 Å². The summed E-state index contributed by atoms with van der Waals surface area (Å²) in [6, 6.07) is 3.43. The number of aliphatic carboxylic acids is 1. The van der Waals surface area contributed by atoms with Gasteiger partial charge in [0.05, 0.1) is 6.54 Å². The fourth-order valence-electron chi connectivity index (χ4n) is 3.77. The molecule has 0 heterocycles. The number of rotatable bonds is 8. The molecule has 0 unspecified atom stereocenters. The molecule has 27 heavy (non-hydrogen) atoms. The molecule has 2 aliphatic rings. The molecule has 8 heteroatoms. The van der Waals surface area contributed by atoms with Crippen LogP contribution in [0.15, 0.2) is 18.2 Å². The molecule has 2 fully saturated rings. The Bertz CT molecular complexity index is 718. The van der Waals surface area contributed by atoms with E-state index in [4.69, 9.17) is 5.11 Å². The molecule has 6 nitrogen and oxygen atoms in total. The van der Waals surface area contributed by atoms with Crippen LogP contribution in [0.1, 0.15) is 38.2 Å². The number of nitrogens with one attached hydrogen (secondary N) is 2. The Balaban J connectivity index is 1.44. The summed E-state index contributed by atoms with van der Waals surface area (Å²) in [5.41, 5.74) is -0.00206. The molecule has 0 spiro atoms. The summed E-state index contributed by atoms with van der Waals surface area (Å²) in [5, 5.41) is 14.6. The first-order valence-corrected chi connectivity index (χ1v) is 9.29. The summed E-state index contributed by atoms with van der Waals surface area (Å²) < 4.78 is 27.1. The summed E-state index contributed by atoms with van der Waals surface area (Å²) in [4.78, 5) is 24.9. The highest BCUT2D eigenvalue weighted by molar-refractivity contribution is 5.74. The van der Waals surface area contributed by atoms with Crippen molar-refractivity contribution in [3.05, 3.63) is 35.4 Å². The van der Waals surface area contributed by atoms with E-state index in [-0.39, 0.29) is 24.7 Å². The number of amides is 2. The molecule has 1 aromatic carbocycles. The van der Waals surface area contributed by atoms with E-state index in [0.717, 1.165) is 18.9 Å². The highest BCUT2D eigenvalue weighted by atomic mass is 19.1. The van der Waals surface area contributed by atoms with Gasteiger partial charge in [-0.15, -0.1) is 0 Å². The number of benzene rings is 1. The van der Waals surface area contributed by atoms with Gasteiger partial charge in [0.15, 0.2) is 0 Å². The highest BCUT2D eigenvalue weighted by Gasteiger charge is 2.46. The number of carbonyl (C=O) groups is 2. The van der Waals surface area contributed by atoms with Crippen LogP contribution in [-0.2, 0) is 10.2 Å². The number of carbonyl (C=O) groups excluding carboxylic acids is 1. The summed E-state index contributed by atoms with van der Waals surface area (Å²) in [6.07, 6.45) is 2.93. The molecular weight excluding hydrogens is 356 g/mol. The van der Waals surface area contributed by atoms with Gasteiger partial charge in [0, 0.05) is 30.1 Å². The van der Waals surface area contributed by atoms with Gasteiger partial charge in [0.2, 0.25) is 0 Å². The van der Waals surface area contributed by atoms with E-state index in [1.54, 1.807) is 0 Å². The van der Waals surface area contributed by atoms with Crippen molar-refractivity contribution in [2.24, 2.45) is 0 Å². The van der Waals surface area contributed by atoms with Crippen molar-refractivity contribution in [2.75, 3.05) is 19.6 Å². The monoisotopic (exact) mass is 381 g/mol. The van der Waals surface area contributed by atoms with E-state index in [0.29, 0.717) is 31.5 Å². The highest BCUT2D eigenvalue weighted by Crippen LogP contribution is 2.48. The summed E-state index contributed by atoms with van der Waals surface area (Å²) in [5.74, 6) is -2.04. The normalized spacial score (nSPS) is 22.8. The summed E-state index contributed by atoms with van der Waals surface area (Å²) in [6.45, 7) is 2.88. The van der Waals surface area contributed by atoms with E-state index >= 15 is 0 Å². The number of hydrogen-bond acceptors (Lipinski definition) is 3. The predicted molar refractivity (Wildman–Crippen MR) is 95.5 cm³/mol. The summed E-state index contributed by atoms with van der Waals surface area (Å²) >= 11 is 0. The lowest BCUT2D eigenvalue weighted by Crippen LogP contribution is -2.56. The van der Waals surface area contributed by atoms with E-state index in [9.17, 15) is 18.4 Å². The minimum atomic E-state index is -0.853. The number of likely N-dealkylation sites (N-methyl/N-ethyl adjacent to an activating group) is 1. The second-order valence-electron chi connectivity index (χ2n) is 7.51. The van der Waals surface area contributed by atoms with Crippen LogP contribution in [0.5, 0.6) is 0 Å². The zero-order valence-corrected chi connectivity index (χ0v) is 15.3. The van der Waals surface area contributed by atoms with Crippen LogP contribution in [0.25, 0.3) is 0 Å². The average Bonchev–Trinajstić information content (AvgIpc) is 3.34. The third kappa shape index (κ3) is 4.55. The molecule has 2 aliphatic carbocycles. The van der Waals surface area contributed by atoms with Crippen molar-refractivity contribution in [2.45, 2.75) is 50.1 Å². The quantitative estimate of drug-likeness (QED) is 0.645. The topological polar surface area (TPSA) is 81.7 Å². The van der Waals surface area contributed by atoms with Crippen molar-refractivity contribution in [1.82, 2.24) is 15.5 Å². The third-order valence-corrected chi connectivity index (χ3v) is 5.65. The molecule has 3 N–H and O–H groups in total. The molecule has 2 saturated carbocycles. The molecule has 0 aromatic heterocycles. The molecule has 0 atom stereocenters. The van der Waals surface area contributed by atoms with Gasteiger partial charge in [-0.2, -0.15) is 0 Å². The Morgan fingerprint density at radius 1 is 1.30 bits per heavy atom. The molecule has 0 aliphatic heterocycles. The van der Waals surface area contributed by atoms with Crippen molar-refractivity contribution in [3.63, 3.8) is 0 Å². The lowest BCUT2D eigenvalue weighted by molar-refractivity contribution is -0.139. The first kappa shape index (κ1) is 19.5. The maximum absolute atomic E-state index is 14.0. The van der Waals surface area contributed by atoms with Gasteiger partial charge >= 0.3 is 12.0 Å². The molecule has 0 radical (unpaired) electrons. The SMILES string of the molecule is CCN(CC(=O)O)C1CC(NC(=O)NCC2(c3ccc(F)cc3F)CC2)C1. The molecule has 3 rings (SSSR count). The van der Waals surface area contributed by atoms with Crippen molar-refractivity contribution in [3.8, 4) is 0 Å². The molecule has 0 saturated heterocycles. The van der Waals surface area contributed by atoms with Gasteiger partial charge in [-0.3, -0.25) is 9.69 Å². The van der Waals surface area contributed by atoms with Gasteiger partial charge in [-0.05, 0) is 43.9 Å². The molecule has 1 aromatic rings. The molecule has 0 bridgehead atoms. The second-order valence-corrected chi connectivity index (χ2v) is 7.51. The van der Waals surface area contributed by atoms with E-state index in [2.05, 4.69) is 10.6 Å². The fourth-order valence-corrected chi connectivity index (χ4v) is 3.77. The third-order valence-electron chi connectivity index (χ3n) is 5.65. The minimum Gasteiger partial charge on any atom is -0.480 e. The first-order chi connectivity index (χ1) is 12.8. The lowest BCUT2D eigenvalue weighted by Gasteiger charge is -2.42. The Hall–Kier alpha value is -2.22. The van der Waals surface area contributed by atoms with Crippen LogP contribution in [0.2, 0.25) is 0 Å². The molecule has 2 amide bonds. The van der Waals surface area contributed by atoms with E-state index < -0.39 is 23.0 Å². The number of hydrogen-bond donors (Lipinski definition) is 3. The van der Waals surface area contributed by atoms with Gasteiger partial charge in [-0.1, -0.05) is 13.0 Å². The number of urea groups is 1. The van der Waals surface area contributed by atoms with Gasteiger partial charge in [0.25, 0.3) is 0 Å². The number of halogens is 2. The van der Waals surface area contributed by atoms with Crippen molar-refractivity contribution >= 4 is 12.0 Å². The van der Waals surface area contributed by atoms with Crippen LogP contribution in [-0.4, -0.2) is 53.7 Å². The van der Waals surface area contributed by atoms with Crippen LogP contribution in [0.4, 0.5) is 13.6 Å². The zero-order valence-electron chi connectivity index (χ0n) is 15.3.